The predicted octanol–water partition coefficient (Wildman–Crippen LogP) is 2.19. The first-order valence-corrected chi connectivity index (χ1v) is 7.69. The van der Waals surface area contributed by atoms with Crippen LogP contribution in [0.1, 0.15) is 30.3 Å². The van der Waals surface area contributed by atoms with Crippen molar-refractivity contribution in [3.63, 3.8) is 0 Å². The van der Waals surface area contributed by atoms with Gasteiger partial charge in [0.25, 0.3) is 0 Å². The van der Waals surface area contributed by atoms with Crippen molar-refractivity contribution < 1.29 is 14.1 Å². The molecule has 3 rings (SSSR count). The maximum Gasteiger partial charge on any atom is 0.322 e. The lowest BCUT2D eigenvalue weighted by molar-refractivity contribution is 0.183. The van der Waals surface area contributed by atoms with Crippen molar-refractivity contribution >= 4 is 11.7 Å². The number of rotatable bonds is 5. The second-order valence-corrected chi connectivity index (χ2v) is 5.64. The Morgan fingerprint density at radius 1 is 1.57 bits per heavy atom. The van der Waals surface area contributed by atoms with E-state index >= 15 is 0 Å². The van der Waals surface area contributed by atoms with Gasteiger partial charge in [-0.25, -0.2) is 4.79 Å². The molecule has 1 fully saturated rings. The summed E-state index contributed by atoms with van der Waals surface area (Å²) in [6.45, 7) is 3.80. The summed E-state index contributed by atoms with van der Waals surface area (Å²) in [5.41, 5.74) is 1.50. The summed E-state index contributed by atoms with van der Waals surface area (Å²) < 4.78 is 12.1. The van der Waals surface area contributed by atoms with Crippen molar-refractivity contribution in [2.45, 2.75) is 32.4 Å². The molecule has 8 nitrogen and oxygen atoms in total. The number of hydrogen-bond acceptors (Lipinski definition) is 5. The van der Waals surface area contributed by atoms with Crippen LogP contribution in [0.2, 0.25) is 0 Å². The Morgan fingerprint density at radius 2 is 2.43 bits per heavy atom. The van der Waals surface area contributed by atoms with Gasteiger partial charge in [-0.15, -0.1) is 0 Å². The molecule has 1 aliphatic heterocycles. The third-order valence-corrected chi connectivity index (χ3v) is 3.90. The molecule has 3 heterocycles. The highest BCUT2D eigenvalue weighted by Gasteiger charge is 2.32. The summed E-state index contributed by atoms with van der Waals surface area (Å²) in [4.78, 5) is 14.3. The highest BCUT2D eigenvalue weighted by Crippen LogP contribution is 2.32. The molecule has 0 spiro atoms. The number of methoxy groups -OCH3 is 1. The minimum Gasteiger partial charge on any atom is -0.383 e. The van der Waals surface area contributed by atoms with Gasteiger partial charge in [-0.2, -0.15) is 5.10 Å². The van der Waals surface area contributed by atoms with Gasteiger partial charge in [-0.05, 0) is 19.8 Å². The highest BCUT2D eigenvalue weighted by atomic mass is 16.5. The molecular formula is C15H21N5O3. The number of amides is 2. The molecule has 1 aliphatic rings. The van der Waals surface area contributed by atoms with Gasteiger partial charge in [0, 0.05) is 25.9 Å². The van der Waals surface area contributed by atoms with Crippen molar-refractivity contribution in [3.05, 3.63) is 29.9 Å². The molecule has 0 bridgehead atoms. The highest BCUT2D eigenvalue weighted by molar-refractivity contribution is 5.89. The van der Waals surface area contributed by atoms with Crippen LogP contribution in [-0.4, -0.2) is 46.1 Å². The average molecular weight is 319 g/mol. The zero-order valence-corrected chi connectivity index (χ0v) is 13.4. The molecule has 2 amide bonds. The third-order valence-electron chi connectivity index (χ3n) is 3.90. The van der Waals surface area contributed by atoms with Gasteiger partial charge < -0.3 is 19.5 Å². The Kier molecular flexibility index (Phi) is 4.61. The topological polar surface area (TPSA) is 85.4 Å². The van der Waals surface area contributed by atoms with Gasteiger partial charge >= 0.3 is 6.03 Å². The summed E-state index contributed by atoms with van der Waals surface area (Å²) in [6.07, 6.45) is 5.26. The van der Waals surface area contributed by atoms with Gasteiger partial charge in [-0.1, -0.05) is 5.16 Å². The van der Waals surface area contributed by atoms with E-state index < -0.39 is 0 Å². The second kappa shape index (κ2) is 6.82. The fraction of sp³-hybridized carbons (Fsp3) is 0.533. The lowest BCUT2D eigenvalue weighted by Gasteiger charge is -2.22. The number of hydrogen-bond donors (Lipinski definition) is 1. The standard InChI is InChI=1S/C15H21N5O3/c1-11-8-14(23-18-11)13-4-3-5-20(13)15(21)17-12-9-16-19(10-12)6-7-22-2/h8-10,13H,3-7H2,1-2H3,(H,17,21). The van der Waals surface area contributed by atoms with E-state index in [1.54, 1.807) is 29.1 Å². The summed E-state index contributed by atoms with van der Waals surface area (Å²) in [5.74, 6) is 0.742. The maximum absolute atomic E-state index is 12.5. The summed E-state index contributed by atoms with van der Waals surface area (Å²) in [6, 6.07) is 1.69. The molecule has 8 heteroatoms. The molecule has 0 aromatic carbocycles. The van der Waals surface area contributed by atoms with Gasteiger partial charge in [0.2, 0.25) is 0 Å². The van der Waals surface area contributed by atoms with Crippen LogP contribution in [0.15, 0.2) is 23.0 Å². The van der Waals surface area contributed by atoms with Crippen LogP contribution in [0, 0.1) is 6.92 Å². The minimum absolute atomic E-state index is 0.0558. The average Bonchev–Trinajstić information content (AvgIpc) is 3.24. The van der Waals surface area contributed by atoms with E-state index in [2.05, 4.69) is 15.6 Å². The Morgan fingerprint density at radius 3 is 3.17 bits per heavy atom. The first-order chi connectivity index (χ1) is 11.2. The van der Waals surface area contributed by atoms with Crippen LogP contribution in [0.5, 0.6) is 0 Å². The van der Waals surface area contributed by atoms with Crippen LogP contribution < -0.4 is 5.32 Å². The first-order valence-electron chi connectivity index (χ1n) is 7.69. The quantitative estimate of drug-likeness (QED) is 0.913. The number of anilines is 1. The number of aromatic nitrogens is 3. The number of carbonyl (C=O) groups excluding carboxylic acids is 1. The summed E-state index contributed by atoms with van der Waals surface area (Å²) >= 11 is 0. The Hall–Kier alpha value is -2.35. The molecule has 0 radical (unpaired) electrons. The molecule has 124 valence electrons. The van der Waals surface area contributed by atoms with E-state index in [1.807, 2.05) is 13.0 Å². The molecule has 1 atom stereocenters. The van der Waals surface area contributed by atoms with E-state index in [-0.39, 0.29) is 12.1 Å². The molecular weight excluding hydrogens is 298 g/mol. The van der Waals surface area contributed by atoms with Crippen molar-refractivity contribution in [3.8, 4) is 0 Å². The first kappa shape index (κ1) is 15.5. The molecule has 1 unspecified atom stereocenters. The number of urea groups is 1. The Bertz CT molecular complexity index is 666. The van der Waals surface area contributed by atoms with Crippen molar-refractivity contribution in [1.29, 1.82) is 0 Å². The van der Waals surface area contributed by atoms with Crippen LogP contribution in [0.4, 0.5) is 10.5 Å². The molecule has 0 saturated carbocycles. The van der Waals surface area contributed by atoms with Gasteiger partial charge in [-0.3, -0.25) is 4.68 Å². The van der Waals surface area contributed by atoms with Crippen LogP contribution in [-0.2, 0) is 11.3 Å². The van der Waals surface area contributed by atoms with E-state index in [9.17, 15) is 4.79 Å². The Labute approximate surface area is 134 Å². The van der Waals surface area contributed by atoms with Crippen LogP contribution >= 0.6 is 0 Å². The van der Waals surface area contributed by atoms with Crippen molar-refractivity contribution in [1.82, 2.24) is 19.8 Å². The maximum atomic E-state index is 12.5. The van der Waals surface area contributed by atoms with Crippen molar-refractivity contribution in [2.24, 2.45) is 0 Å². The number of aryl methyl sites for hydroxylation is 1. The van der Waals surface area contributed by atoms with E-state index in [0.717, 1.165) is 24.3 Å². The smallest absolute Gasteiger partial charge is 0.322 e. The van der Waals surface area contributed by atoms with Gasteiger partial charge in [0.05, 0.1) is 36.8 Å². The van der Waals surface area contributed by atoms with Gasteiger partial charge in [0.1, 0.15) is 0 Å². The fourth-order valence-corrected chi connectivity index (χ4v) is 2.78. The molecule has 23 heavy (non-hydrogen) atoms. The molecule has 2 aromatic heterocycles. The zero-order valence-electron chi connectivity index (χ0n) is 13.4. The number of carbonyl (C=O) groups is 1. The van der Waals surface area contributed by atoms with Gasteiger partial charge in [0.15, 0.2) is 5.76 Å². The summed E-state index contributed by atoms with van der Waals surface area (Å²) in [7, 11) is 1.64. The molecule has 0 aliphatic carbocycles. The molecule has 1 saturated heterocycles. The number of ether oxygens (including phenoxy) is 1. The third kappa shape index (κ3) is 3.53. The second-order valence-electron chi connectivity index (χ2n) is 5.64. The van der Waals surface area contributed by atoms with Crippen molar-refractivity contribution in [2.75, 3.05) is 25.6 Å². The number of likely N-dealkylation sites (tertiary alicyclic amines) is 1. The largest absolute Gasteiger partial charge is 0.383 e. The monoisotopic (exact) mass is 319 g/mol. The normalized spacial score (nSPS) is 17.7. The summed E-state index contributed by atoms with van der Waals surface area (Å²) in [5, 5.41) is 11.0. The lowest BCUT2D eigenvalue weighted by Crippen LogP contribution is -2.34. The van der Waals surface area contributed by atoms with Crippen LogP contribution in [0.3, 0.4) is 0 Å². The minimum atomic E-state index is -0.146. The molecule has 1 N–H and O–H groups in total. The zero-order chi connectivity index (χ0) is 16.2. The predicted molar refractivity (Wildman–Crippen MR) is 83.0 cm³/mol. The Balaban J connectivity index is 1.64. The molecule has 2 aromatic rings. The van der Waals surface area contributed by atoms with E-state index in [4.69, 9.17) is 9.26 Å². The SMILES string of the molecule is COCCn1cc(NC(=O)N2CCCC2c2cc(C)no2)cn1. The van der Waals surface area contributed by atoms with E-state index in [0.29, 0.717) is 25.4 Å². The van der Waals surface area contributed by atoms with E-state index in [1.165, 1.54) is 0 Å². The number of nitrogens with one attached hydrogen (secondary N) is 1. The number of nitrogens with zero attached hydrogens (tertiary/aromatic N) is 4. The fourth-order valence-electron chi connectivity index (χ4n) is 2.78. The van der Waals surface area contributed by atoms with Crippen LogP contribution in [0.25, 0.3) is 0 Å². The lowest BCUT2D eigenvalue weighted by atomic mass is 10.1.